The average Bonchev–Trinajstić information content (AvgIpc) is 3.48. The fraction of sp³-hybridized carbons (Fsp3) is 0.250. The molecule has 5 N–H and O–H groups in total. The number of carbonyl (C=O) groups excluding carboxylic acids is 1. The highest BCUT2D eigenvalue weighted by molar-refractivity contribution is 5.74. The predicted molar refractivity (Wildman–Crippen MR) is 114 cm³/mol. The number of nitrogen functional groups attached to an aromatic ring is 1. The van der Waals surface area contributed by atoms with Crippen molar-refractivity contribution in [2.24, 2.45) is 0 Å². The standard InChI is InChI=1S/C20H22N8O4/c21-18-24-19(25-20-23-17(26-28(18)20)15-4-3-11-32-15)22-12-13-6-8-14(9-7-13)31-10-2-1-5-16(29)27-30/h3-4,6-9,11,30H,1-2,5,10,12H2,(H,27,29)(H3,21,22,23,24,25,26). The second-order valence-corrected chi connectivity index (χ2v) is 6.87. The Morgan fingerprint density at radius 1 is 1.16 bits per heavy atom. The van der Waals surface area contributed by atoms with E-state index >= 15 is 0 Å². The van der Waals surface area contributed by atoms with Crippen molar-refractivity contribution < 1.29 is 19.2 Å². The molecular formula is C20H22N8O4. The molecule has 1 amide bonds. The van der Waals surface area contributed by atoms with Crippen LogP contribution in [0.3, 0.4) is 0 Å². The van der Waals surface area contributed by atoms with E-state index in [0.29, 0.717) is 49.3 Å². The monoisotopic (exact) mass is 438 g/mol. The van der Waals surface area contributed by atoms with Crippen molar-refractivity contribution in [1.82, 2.24) is 30.0 Å². The first-order valence-corrected chi connectivity index (χ1v) is 9.95. The number of ether oxygens (including phenoxy) is 1. The summed E-state index contributed by atoms with van der Waals surface area (Å²) in [4.78, 5) is 23.9. The maximum atomic E-state index is 10.9. The molecule has 0 unspecified atom stereocenters. The molecule has 0 saturated heterocycles. The smallest absolute Gasteiger partial charge is 0.259 e. The molecule has 1 aromatic carbocycles. The van der Waals surface area contributed by atoms with Crippen LogP contribution in [-0.4, -0.2) is 42.3 Å². The summed E-state index contributed by atoms with van der Waals surface area (Å²) in [5, 5.41) is 15.8. The minimum Gasteiger partial charge on any atom is -0.494 e. The third-order valence-electron chi connectivity index (χ3n) is 4.54. The van der Waals surface area contributed by atoms with Crippen LogP contribution in [0.25, 0.3) is 17.4 Å². The summed E-state index contributed by atoms with van der Waals surface area (Å²) in [6.45, 7) is 0.965. The van der Waals surface area contributed by atoms with E-state index in [4.69, 9.17) is 20.1 Å². The van der Waals surface area contributed by atoms with Crippen LogP contribution in [0.4, 0.5) is 11.9 Å². The van der Waals surface area contributed by atoms with Crippen LogP contribution in [0.2, 0.25) is 0 Å². The van der Waals surface area contributed by atoms with Gasteiger partial charge >= 0.3 is 0 Å². The van der Waals surface area contributed by atoms with Crippen LogP contribution < -0.4 is 21.3 Å². The molecule has 0 bridgehead atoms. The van der Waals surface area contributed by atoms with Crippen molar-refractivity contribution in [1.29, 1.82) is 0 Å². The van der Waals surface area contributed by atoms with Gasteiger partial charge < -0.3 is 20.2 Å². The van der Waals surface area contributed by atoms with E-state index in [2.05, 4.69) is 25.4 Å². The molecular weight excluding hydrogens is 416 g/mol. The van der Waals surface area contributed by atoms with E-state index < -0.39 is 5.91 Å². The number of amides is 1. The van der Waals surface area contributed by atoms with Crippen LogP contribution in [0, 0.1) is 0 Å². The number of unbranched alkanes of at least 4 members (excludes halogenated alkanes) is 1. The minimum atomic E-state index is -0.395. The maximum absolute atomic E-state index is 10.9. The van der Waals surface area contributed by atoms with E-state index in [0.717, 1.165) is 11.3 Å². The number of carbonyl (C=O) groups is 1. The zero-order valence-electron chi connectivity index (χ0n) is 17.1. The molecule has 0 fully saturated rings. The van der Waals surface area contributed by atoms with E-state index in [-0.39, 0.29) is 12.4 Å². The van der Waals surface area contributed by atoms with Crippen molar-refractivity contribution in [2.75, 3.05) is 17.7 Å². The number of furan rings is 1. The van der Waals surface area contributed by atoms with Crippen molar-refractivity contribution >= 4 is 23.6 Å². The van der Waals surface area contributed by atoms with Gasteiger partial charge in [-0.05, 0) is 42.7 Å². The molecule has 4 aromatic rings. The zero-order valence-corrected chi connectivity index (χ0v) is 17.1. The molecule has 12 heteroatoms. The number of aromatic nitrogens is 5. The van der Waals surface area contributed by atoms with Gasteiger partial charge in [-0.2, -0.15) is 19.5 Å². The Kier molecular flexibility index (Phi) is 6.41. The first-order chi connectivity index (χ1) is 15.6. The molecule has 0 saturated carbocycles. The quantitative estimate of drug-likeness (QED) is 0.163. The lowest BCUT2D eigenvalue weighted by atomic mass is 10.2. The molecule has 4 rings (SSSR count). The SMILES string of the molecule is Nc1nc(NCc2ccc(OCCCCC(=O)NO)cc2)nc2nc(-c3ccco3)nn12. The first kappa shape index (κ1) is 21.1. The minimum absolute atomic E-state index is 0.156. The van der Waals surface area contributed by atoms with E-state index in [1.54, 1.807) is 23.9 Å². The molecule has 0 aliphatic rings. The topological polar surface area (TPSA) is 166 Å². The van der Waals surface area contributed by atoms with Gasteiger partial charge in [-0.15, -0.1) is 5.10 Å². The van der Waals surface area contributed by atoms with Gasteiger partial charge in [0.15, 0.2) is 5.76 Å². The molecule has 0 atom stereocenters. The number of benzene rings is 1. The molecule has 0 aliphatic carbocycles. The Bertz CT molecular complexity index is 1170. The summed E-state index contributed by atoms with van der Waals surface area (Å²) in [6.07, 6.45) is 3.15. The van der Waals surface area contributed by atoms with Crippen molar-refractivity contribution in [3.05, 3.63) is 48.2 Å². The van der Waals surface area contributed by atoms with Crippen LogP contribution >= 0.6 is 0 Å². The van der Waals surface area contributed by atoms with Crippen LogP contribution in [0.1, 0.15) is 24.8 Å². The summed E-state index contributed by atoms with van der Waals surface area (Å²) in [6, 6.07) is 11.1. The summed E-state index contributed by atoms with van der Waals surface area (Å²) < 4.78 is 12.3. The second kappa shape index (κ2) is 9.75. The fourth-order valence-electron chi connectivity index (χ4n) is 2.91. The largest absolute Gasteiger partial charge is 0.494 e. The summed E-state index contributed by atoms with van der Waals surface area (Å²) in [7, 11) is 0. The number of fused-ring (bicyclic) bond motifs is 1. The number of anilines is 2. The third-order valence-corrected chi connectivity index (χ3v) is 4.54. The third kappa shape index (κ3) is 5.10. The van der Waals surface area contributed by atoms with Gasteiger partial charge in [0.2, 0.25) is 23.6 Å². The molecule has 3 aromatic heterocycles. The zero-order chi connectivity index (χ0) is 22.3. The van der Waals surface area contributed by atoms with Gasteiger partial charge in [-0.1, -0.05) is 12.1 Å². The molecule has 32 heavy (non-hydrogen) atoms. The fourth-order valence-corrected chi connectivity index (χ4v) is 2.91. The van der Waals surface area contributed by atoms with Gasteiger partial charge in [0.25, 0.3) is 5.78 Å². The van der Waals surface area contributed by atoms with Crippen molar-refractivity contribution in [3.8, 4) is 17.3 Å². The second-order valence-electron chi connectivity index (χ2n) is 6.87. The highest BCUT2D eigenvalue weighted by Crippen LogP contribution is 2.18. The van der Waals surface area contributed by atoms with Gasteiger partial charge in [0.05, 0.1) is 12.9 Å². The number of nitrogens with two attached hydrogens (primary N) is 1. The number of hydrogen-bond acceptors (Lipinski definition) is 10. The van der Waals surface area contributed by atoms with Gasteiger partial charge in [0, 0.05) is 13.0 Å². The van der Waals surface area contributed by atoms with Crippen molar-refractivity contribution in [3.63, 3.8) is 0 Å². The van der Waals surface area contributed by atoms with Crippen molar-refractivity contribution in [2.45, 2.75) is 25.8 Å². The normalized spacial score (nSPS) is 10.9. The van der Waals surface area contributed by atoms with Crippen LogP contribution in [0.5, 0.6) is 5.75 Å². The lowest BCUT2D eigenvalue weighted by molar-refractivity contribution is -0.129. The number of nitrogens with one attached hydrogen (secondary N) is 2. The number of hydrogen-bond donors (Lipinski definition) is 4. The molecule has 166 valence electrons. The number of hydroxylamine groups is 1. The van der Waals surface area contributed by atoms with E-state index in [1.807, 2.05) is 24.3 Å². The Morgan fingerprint density at radius 3 is 2.75 bits per heavy atom. The lowest BCUT2D eigenvalue weighted by Gasteiger charge is -2.08. The summed E-state index contributed by atoms with van der Waals surface area (Å²) >= 11 is 0. The molecule has 0 radical (unpaired) electrons. The van der Waals surface area contributed by atoms with Gasteiger partial charge in [0.1, 0.15) is 5.75 Å². The maximum Gasteiger partial charge on any atom is 0.259 e. The Balaban J connectivity index is 1.31. The number of rotatable bonds is 10. The van der Waals surface area contributed by atoms with Crippen LogP contribution in [-0.2, 0) is 11.3 Å². The lowest BCUT2D eigenvalue weighted by Crippen LogP contribution is -2.18. The predicted octanol–water partition coefficient (Wildman–Crippen LogP) is 2.03. The first-order valence-electron chi connectivity index (χ1n) is 9.95. The Labute approximate surface area is 182 Å². The molecule has 0 aliphatic heterocycles. The summed E-state index contributed by atoms with van der Waals surface area (Å²) in [5.41, 5.74) is 8.60. The molecule has 0 spiro atoms. The average molecular weight is 438 g/mol. The van der Waals surface area contributed by atoms with E-state index in [1.165, 1.54) is 4.52 Å². The van der Waals surface area contributed by atoms with Gasteiger partial charge in [-0.25, -0.2) is 5.48 Å². The Morgan fingerprint density at radius 2 is 2.00 bits per heavy atom. The van der Waals surface area contributed by atoms with Crippen LogP contribution in [0.15, 0.2) is 47.1 Å². The highest BCUT2D eigenvalue weighted by atomic mass is 16.5. The van der Waals surface area contributed by atoms with Gasteiger partial charge in [-0.3, -0.25) is 10.0 Å². The van der Waals surface area contributed by atoms with E-state index in [9.17, 15) is 4.79 Å². The summed E-state index contributed by atoms with van der Waals surface area (Å²) in [5.74, 6) is 2.03. The molecule has 12 nitrogen and oxygen atoms in total. The Hall–Kier alpha value is -4.19. The molecule has 3 heterocycles. The number of nitrogens with zero attached hydrogens (tertiary/aromatic N) is 5. The highest BCUT2D eigenvalue weighted by Gasteiger charge is 2.13.